The number of hydrogen-bond donors (Lipinski definition) is 0. The summed E-state index contributed by atoms with van der Waals surface area (Å²) in [6.07, 6.45) is 0. The molecule has 0 aliphatic rings. The van der Waals surface area contributed by atoms with Crippen LogP contribution < -0.4 is 13.8 Å². The SMILES string of the molecule is CCN(c1cc(Cl)ccc1Cl)S(=O)(=O)c1ccc(OC)c(OC)c1. The first-order valence-electron chi connectivity index (χ1n) is 7.05. The van der Waals surface area contributed by atoms with Crippen molar-refractivity contribution in [2.75, 3.05) is 25.1 Å². The molecule has 2 aromatic rings. The molecule has 2 aromatic carbocycles. The van der Waals surface area contributed by atoms with Gasteiger partial charge in [0, 0.05) is 17.6 Å². The number of anilines is 1. The fraction of sp³-hybridized carbons (Fsp3) is 0.250. The van der Waals surface area contributed by atoms with E-state index in [-0.39, 0.29) is 11.4 Å². The first-order chi connectivity index (χ1) is 11.3. The van der Waals surface area contributed by atoms with E-state index in [1.165, 1.54) is 36.7 Å². The lowest BCUT2D eigenvalue weighted by Crippen LogP contribution is -2.31. The van der Waals surface area contributed by atoms with Crippen LogP contribution in [-0.4, -0.2) is 29.2 Å². The van der Waals surface area contributed by atoms with Crippen LogP contribution >= 0.6 is 23.2 Å². The Morgan fingerprint density at radius 2 is 1.67 bits per heavy atom. The zero-order valence-corrected chi connectivity index (χ0v) is 15.7. The second-order valence-corrected chi connectivity index (χ2v) is 7.49. The van der Waals surface area contributed by atoms with Crippen LogP contribution in [-0.2, 0) is 10.0 Å². The van der Waals surface area contributed by atoms with Crippen LogP contribution in [0, 0.1) is 0 Å². The van der Waals surface area contributed by atoms with Crippen molar-refractivity contribution >= 4 is 38.9 Å². The van der Waals surface area contributed by atoms with E-state index in [0.717, 1.165) is 0 Å². The fourth-order valence-corrected chi connectivity index (χ4v) is 4.19. The summed E-state index contributed by atoms with van der Waals surface area (Å²) in [5.41, 5.74) is 0.321. The van der Waals surface area contributed by atoms with Gasteiger partial charge in [0.2, 0.25) is 0 Å². The molecule has 0 saturated heterocycles. The van der Waals surface area contributed by atoms with E-state index in [1.807, 2.05) is 0 Å². The number of hydrogen-bond acceptors (Lipinski definition) is 4. The van der Waals surface area contributed by atoms with Crippen LogP contribution in [0.4, 0.5) is 5.69 Å². The molecule has 0 heterocycles. The molecule has 0 aliphatic heterocycles. The van der Waals surface area contributed by atoms with Crippen molar-refractivity contribution in [1.82, 2.24) is 0 Å². The molecular formula is C16H17Cl2NO4S. The van der Waals surface area contributed by atoms with Crippen molar-refractivity contribution in [3.8, 4) is 11.5 Å². The molecule has 0 unspecified atom stereocenters. The molecule has 0 bridgehead atoms. The molecule has 24 heavy (non-hydrogen) atoms. The van der Waals surface area contributed by atoms with Crippen LogP contribution in [0.2, 0.25) is 10.0 Å². The molecule has 0 radical (unpaired) electrons. The van der Waals surface area contributed by atoms with E-state index >= 15 is 0 Å². The van der Waals surface area contributed by atoms with Crippen LogP contribution in [0.5, 0.6) is 11.5 Å². The van der Waals surface area contributed by atoms with E-state index in [4.69, 9.17) is 32.7 Å². The first kappa shape index (κ1) is 18.7. The molecule has 0 saturated carbocycles. The van der Waals surface area contributed by atoms with Gasteiger partial charge >= 0.3 is 0 Å². The number of rotatable bonds is 6. The highest BCUT2D eigenvalue weighted by Crippen LogP contribution is 2.35. The van der Waals surface area contributed by atoms with Gasteiger partial charge in [0.25, 0.3) is 10.0 Å². The zero-order valence-electron chi connectivity index (χ0n) is 13.4. The largest absolute Gasteiger partial charge is 0.493 e. The van der Waals surface area contributed by atoms with E-state index in [2.05, 4.69) is 0 Å². The smallest absolute Gasteiger partial charge is 0.264 e. The van der Waals surface area contributed by atoms with Crippen LogP contribution in [0.3, 0.4) is 0 Å². The van der Waals surface area contributed by atoms with Gasteiger partial charge in [-0.05, 0) is 37.3 Å². The normalized spacial score (nSPS) is 11.2. The Morgan fingerprint density at radius 3 is 2.25 bits per heavy atom. The predicted molar refractivity (Wildman–Crippen MR) is 96.2 cm³/mol. The Labute approximate surface area is 151 Å². The molecule has 0 aliphatic carbocycles. The highest BCUT2D eigenvalue weighted by molar-refractivity contribution is 7.92. The topological polar surface area (TPSA) is 55.8 Å². The van der Waals surface area contributed by atoms with Crippen molar-refractivity contribution in [3.63, 3.8) is 0 Å². The number of benzene rings is 2. The van der Waals surface area contributed by atoms with Crippen molar-refractivity contribution in [2.24, 2.45) is 0 Å². The quantitative estimate of drug-likeness (QED) is 0.741. The second-order valence-electron chi connectivity index (χ2n) is 4.78. The molecule has 0 spiro atoms. The zero-order chi connectivity index (χ0) is 17.9. The van der Waals surface area contributed by atoms with Crippen LogP contribution in [0.25, 0.3) is 0 Å². The van der Waals surface area contributed by atoms with E-state index in [0.29, 0.717) is 27.2 Å². The minimum absolute atomic E-state index is 0.0676. The minimum Gasteiger partial charge on any atom is -0.493 e. The van der Waals surface area contributed by atoms with Gasteiger partial charge in [-0.15, -0.1) is 0 Å². The lowest BCUT2D eigenvalue weighted by atomic mass is 10.3. The first-order valence-corrected chi connectivity index (χ1v) is 9.24. The third-order valence-electron chi connectivity index (χ3n) is 3.41. The van der Waals surface area contributed by atoms with Crippen molar-refractivity contribution in [1.29, 1.82) is 0 Å². The number of methoxy groups -OCH3 is 2. The average Bonchev–Trinajstić information content (AvgIpc) is 2.57. The molecule has 130 valence electrons. The Balaban J connectivity index is 2.57. The van der Waals surface area contributed by atoms with Crippen LogP contribution in [0.1, 0.15) is 6.92 Å². The molecule has 0 amide bonds. The molecule has 8 heteroatoms. The standard InChI is InChI=1S/C16H17Cl2NO4S/c1-4-19(14-9-11(17)5-7-13(14)18)24(20,21)12-6-8-15(22-2)16(10-12)23-3/h5-10H,4H2,1-3H3. The van der Waals surface area contributed by atoms with Crippen LogP contribution in [0.15, 0.2) is 41.3 Å². The Morgan fingerprint density at radius 1 is 1.00 bits per heavy atom. The molecule has 0 aromatic heterocycles. The summed E-state index contributed by atoms with van der Waals surface area (Å²) in [6.45, 7) is 1.91. The maximum absolute atomic E-state index is 13.0. The van der Waals surface area contributed by atoms with Gasteiger partial charge in [0.05, 0.1) is 29.8 Å². The van der Waals surface area contributed by atoms with Gasteiger partial charge in [0.1, 0.15) is 0 Å². The highest BCUT2D eigenvalue weighted by atomic mass is 35.5. The lowest BCUT2D eigenvalue weighted by Gasteiger charge is -2.24. The third-order valence-corrected chi connectivity index (χ3v) is 5.85. The number of nitrogens with zero attached hydrogens (tertiary/aromatic N) is 1. The summed E-state index contributed by atoms with van der Waals surface area (Å²) in [6, 6.07) is 9.09. The summed E-state index contributed by atoms with van der Waals surface area (Å²) in [7, 11) is -0.920. The van der Waals surface area contributed by atoms with Crippen molar-refractivity contribution in [2.45, 2.75) is 11.8 Å². The molecule has 0 fully saturated rings. The van der Waals surface area contributed by atoms with Gasteiger partial charge in [0.15, 0.2) is 11.5 Å². The maximum Gasteiger partial charge on any atom is 0.264 e. The molecule has 0 atom stereocenters. The van der Waals surface area contributed by atoms with E-state index in [9.17, 15) is 8.42 Å². The summed E-state index contributed by atoms with van der Waals surface area (Å²) < 4.78 is 37.6. The molecule has 5 nitrogen and oxygen atoms in total. The molecular weight excluding hydrogens is 373 g/mol. The second kappa shape index (κ2) is 7.51. The fourth-order valence-electron chi connectivity index (χ4n) is 2.25. The van der Waals surface area contributed by atoms with Gasteiger partial charge in [-0.3, -0.25) is 4.31 Å². The minimum atomic E-state index is -3.85. The summed E-state index contributed by atoms with van der Waals surface area (Å²) in [5, 5.41) is 0.695. The predicted octanol–water partition coefficient (Wildman–Crippen LogP) is 4.23. The van der Waals surface area contributed by atoms with E-state index < -0.39 is 10.0 Å². The molecule has 0 N–H and O–H groups in total. The van der Waals surface area contributed by atoms with Crippen molar-refractivity contribution < 1.29 is 17.9 Å². The van der Waals surface area contributed by atoms with Gasteiger partial charge in [-0.2, -0.15) is 0 Å². The maximum atomic E-state index is 13.0. The summed E-state index contributed by atoms with van der Waals surface area (Å²) in [4.78, 5) is 0.0676. The van der Waals surface area contributed by atoms with Gasteiger partial charge < -0.3 is 9.47 Å². The number of sulfonamides is 1. The lowest BCUT2D eigenvalue weighted by molar-refractivity contribution is 0.354. The highest BCUT2D eigenvalue weighted by Gasteiger charge is 2.26. The summed E-state index contributed by atoms with van der Waals surface area (Å²) in [5.74, 6) is 0.770. The number of ether oxygens (including phenoxy) is 2. The van der Waals surface area contributed by atoms with Gasteiger partial charge in [-0.1, -0.05) is 23.2 Å². The average molecular weight is 390 g/mol. The monoisotopic (exact) mass is 389 g/mol. The molecule has 2 rings (SSSR count). The number of halogens is 2. The van der Waals surface area contributed by atoms with Crippen molar-refractivity contribution in [3.05, 3.63) is 46.4 Å². The van der Waals surface area contributed by atoms with Gasteiger partial charge in [-0.25, -0.2) is 8.42 Å². The van der Waals surface area contributed by atoms with E-state index in [1.54, 1.807) is 25.1 Å². The Bertz CT molecular complexity index is 840. The third kappa shape index (κ3) is 3.55. The Kier molecular flexibility index (Phi) is 5.85. The Hall–Kier alpha value is -1.63. The summed E-state index contributed by atoms with van der Waals surface area (Å²) >= 11 is 12.1.